The molecule has 0 amide bonds. The molecule has 4 N–H and O–H groups in total. The molecule has 4 rings (SSSR count). The van der Waals surface area contributed by atoms with Gasteiger partial charge in [0.05, 0.1) is 12.7 Å². The smallest absolute Gasteiger partial charge is 0.119 e. The van der Waals surface area contributed by atoms with Gasteiger partial charge >= 0.3 is 0 Å². The standard InChI is InChI=1S/C25H31ClO7/c1-31-18-7-8-19(12-18)32-17-5-2-14(3-6-17)10-16-11-15(4-9-20(16)26)25-24(30)23(29)22(28)21(13-27)33-25/h2-6,9,11,18-19,21-25,27-30H,7-8,10,12-13H2,1H3/t18?,19?,21?,22-,23?,24-,25+/m1/s1. The lowest BCUT2D eigenvalue weighted by atomic mass is 9.90. The molecule has 7 atom stereocenters. The number of methoxy groups -OCH3 is 1. The molecule has 0 spiro atoms. The van der Waals surface area contributed by atoms with E-state index in [1.807, 2.05) is 30.3 Å². The second-order valence-corrected chi connectivity index (χ2v) is 9.24. The first-order valence-electron chi connectivity index (χ1n) is 11.3. The molecule has 2 aromatic rings. The molecule has 33 heavy (non-hydrogen) atoms. The maximum atomic E-state index is 10.4. The lowest BCUT2D eigenvalue weighted by Crippen LogP contribution is -2.55. The minimum Gasteiger partial charge on any atom is -0.490 e. The molecule has 1 aliphatic carbocycles. The molecule has 0 aromatic heterocycles. The van der Waals surface area contributed by atoms with Crippen molar-refractivity contribution in [1.29, 1.82) is 0 Å². The van der Waals surface area contributed by atoms with Crippen LogP contribution in [0, 0.1) is 0 Å². The van der Waals surface area contributed by atoms with Crippen LogP contribution in [0.5, 0.6) is 5.75 Å². The summed E-state index contributed by atoms with van der Waals surface area (Å²) in [6.07, 6.45) is -2.10. The zero-order valence-electron chi connectivity index (χ0n) is 18.5. The summed E-state index contributed by atoms with van der Waals surface area (Å²) < 4.78 is 17.2. The Morgan fingerprint density at radius 3 is 2.36 bits per heavy atom. The van der Waals surface area contributed by atoms with E-state index < -0.39 is 37.1 Å². The number of aliphatic hydroxyl groups excluding tert-OH is 4. The van der Waals surface area contributed by atoms with Gasteiger partial charge in [-0.25, -0.2) is 0 Å². The lowest BCUT2D eigenvalue weighted by molar-refractivity contribution is -0.231. The summed E-state index contributed by atoms with van der Waals surface area (Å²) in [4.78, 5) is 0. The van der Waals surface area contributed by atoms with Crippen molar-refractivity contribution >= 4 is 11.6 Å². The first kappa shape index (κ1) is 24.4. The van der Waals surface area contributed by atoms with Crippen molar-refractivity contribution in [2.75, 3.05) is 13.7 Å². The zero-order chi connectivity index (χ0) is 23.5. The molecule has 0 bridgehead atoms. The van der Waals surface area contributed by atoms with Crippen LogP contribution in [-0.4, -0.2) is 70.8 Å². The minimum atomic E-state index is -1.42. The highest BCUT2D eigenvalue weighted by Gasteiger charge is 2.44. The van der Waals surface area contributed by atoms with E-state index in [1.54, 1.807) is 19.2 Å². The fourth-order valence-electron chi connectivity index (χ4n) is 4.60. The number of halogens is 1. The normalized spacial score (nSPS) is 32.1. The topological polar surface area (TPSA) is 109 Å². The molecule has 180 valence electrons. The van der Waals surface area contributed by atoms with Gasteiger partial charge in [-0.1, -0.05) is 35.9 Å². The summed E-state index contributed by atoms with van der Waals surface area (Å²) in [6.45, 7) is -0.469. The number of aliphatic hydroxyl groups is 4. The summed E-state index contributed by atoms with van der Waals surface area (Å²) in [7, 11) is 1.74. The summed E-state index contributed by atoms with van der Waals surface area (Å²) >= 11 is 6.43. The van der Waals surface area contributed by atoms with Gasteiger partial charge in [0.25, 0.3) is 0 Å². The summed E-state index contributed by atoms with van der Waals surface area (Å²) in [5.41, 5.74) is 2.48. The van der Waals surface area contributed by atoms with Gasteiger partial charge in [0.1, 0.15) is 42.4 Å². The van der Waals surface area contributed by atoms with Gasteiger partial charge in [-0.2, -0.15) is 0 Å². The Hall–Kier alpha value is -1.71. The number of hydrogen-bond donors (Lipinski definition) is 4. The highest BCUT2D eigenvalue weighted by Crippen LogP contribution is 2.34. The second kappa shape index (κ2) is 10.7. The third kappa shape index (κ3) is 5.52. The maximum absolute atomic E-state index is 10.4. The minimum absolute atomic E-state index is 0.172. The Balaban J connectivity index is 1.45. The van der Waals surface area contributed by atoms with Crippen molar-refractivity contribution in [2.45, 2.75) is 68.4 Å². The van der Waals surface area contributed by atoms with Crippen LogP contribution in [0.25, 0.3) is 0 Å². The number of benzene rings is 2. The average Bonchev–Trinajstić information content (AvgIpc) is 3.28. The third-order valence-electron chi connectivity index (χ3n) is 6.58. The Morgan fingerprint density at radius 2 is 1.70 bits per heavy atom. The third-order valence-corrected chi connectivity index (χ3v) is 6.95. The molecule has 4 unspecified atom stereocenters. The molecule has 8 heteroatoms. The van der Waals surface area contributed by atoms with Crippen LogP contribution in [0.3, 0.4) is 0 Å². The van der Waals surface area contributed by atoms with Gasteiger partial charge in [-0.15, -0.1) is 0 Å². The van der Waals surface area contributed by atoms with E-state index in [1.165, 1.54) is 0 Å². The van der Waals surface area contributed by atoms with Crippen molar-refractivity contribution in [3.05, 3.63) is 64.2 Å². The summed E-state index contributed by atoms with van der Waals surface area (Å²) in [5, 5.41) is 40.6. The van der Waals surface area contributed by atoms with E-state index in [9.17, 15) is 20.4 Å². The van der Waals surface area contributed by atoms with Crippen molar-refractivity contribution in [3.8, 4) is 5.75 Å². The van der Waals surface area contributed by atoms with Crippen LogP contribution in [0.15, 0.2) is 42.5 Å². The van der Waals surface area contributed by atoms with E-state index in [0.717, 1.165) is 36.1 Å². The van der Waals surface area contributed by atoms with E-state index in [4.69, 9.17) is 25.8 Å². The SMILES string of the molecule is COC1CCC(Oc2ccc(Cc3cc([C@@H]4OC(CO)[C@@H](O)C(O)[C@H]4O)ccc3Cl)cc2)C1. The molecule has 1 heterocycles. The van der Waals surface area contributed by atoms with Crippen LogP contribution in [0.1, 0.15) is 42.1 Å². The predicted molar refractivity (Wildman–Crippen MR) is 122 cm³/mol. The Bertz CT molecular complexity index is 919. The van der Waals surface area contributed by atoms with Crippen molar-refractivity contribution in [3.63, 3.8) is 0 Å². The molecular formula is C25H31ClO7. The highest BCUT2D eigenvalue weighted by molar-refractivity contribution is 6.31. The van der Waals surface area contributed by atoms with Gasteiger partial charge in [-0.05, 0) is 54.2 Å². The molecule has 2 fully saturated rings. The molecule has 2 aromatic carbocycles. The Labute approximate surface area is 198 Å². The first-order chi connectivity index (χ1) is 15.9. The van der Waals surface area contributed by atoms with E-state index in [-0.39, 0.29) is 12.2 Å². The Morgan fingerprint density at radius 1 is 0.970 bits per heavy atom. The zero-order valence-corrected chi connectivity index (χ0v) is 19.3. The molecule has 0 radical (unpaired) electrons. The summed E-state index contributed by atoms with van der Waals surface area (Å²) in [5.74, 6) is 0.821. The van der Waals surface area contributed by atoms with Crippen molar-refractivity contribution < 1.29 is 34.6 Å². The predicted octanol–water partition coefficient (Wildman–Crippen LogP) is 2.39. The van der Waals surface area contributed by atoms with Crippen LogP contribution in [0.4, 0.5) is 0 Å². The number of rotatable bonds is 7. The summed E-state index contributed by atoms with van der Waals surface area (Å²) in [6, 6.07) is 13.1. The highest BCUT2D eigenvalue weighted by atomic mass is 35.5. The second-order valence-electron chi connectivity index (χ2n) is 8.83. The number of hydrogen-bond acceptors (Lipinski definition) is 7. The van der Waals surface area contributed by atoms with Crippen LogP contribution in [0.2, 0.25) is 5.02 Å². The van der Waals surface area contributed by atoms with Crippen LogP contribution in [-0.2, 0) is 15.9 Å². The average molecular weight is 479 g/mol. The molecule has 1 saturated heterocycles. The molecular weight excluding hydrogens is 448 g/mol. The van der Waals surface area contributed by atoms with Gasteiger partial charge in [0.15, 0.2) is 0 Å². The molecule has 1 aliphatic heterocycles. The molecule has 1 saturated carbocycles. The van der Waals surface area contributed by atoms with Gasteiger partial charge in [0.2, 0.25) is 0 Å². The van der Waals surface area contributed by atoms with Crippen LogP contribution < -0.4 is 4.74 Å². The number of ether oxygens (including phenoxy) is 3. The van der Waals surface area contributed by atoms with E-state index in [0.29, 0.717) is 17.0 Å². The Kier molecular flexibility index (Phi) is 7.91. The van der Waals surface area contributed by atoms with Crippen LogP contribution >= 0.6 is 11.6 Å². The molecule has 7 nitrogen and oxygen atoms in total. The lowest BCUT2D eigenvalue weighted by Gasteiger charge is -2.40. The van der Waals surface area contributed by atoms with Gasteiger partial charge < -0.3 is 34.6 Å². The van der Waals surface area contributed by atoms with Crippen molar-refractivity contribution in [1.82, 2.24) is 0 Å². The van der Waals surface area contributed by atoms with E-state index >= 15 is 0 Å². The largest absolute Gasteiger partial charge is 0.490 e. The van der Waals surface area contributed by atoms with Gasteiger partial charge in [-0.3, -0.25) is 0 Å². The van der Waals surface area contributed by atoms with E-state index in [2.05, 4.69) is 0 Å². The van der Waals surface area contributed by atoms with Gasteiger partial charge in [0, 0.05) is 18.6 Å². The molecule has 2 aliphatic rings. The van der Waals surface area contributed by atoms with Crippen molar-refractivity contribution in [2.24, 2.45) is 0 Å². The maximum Gasteiger partial charge on any atom is 0.119 e. The fraction of sp³-hybridized carbons (Fsp3) is 0.520. The quantitative estimate of drug-likeness (QED) is 0.484. The first-order valence-corrected chi connectivity index (χ1v) is 11.6. The monoisotopic (exact) mass is 478 g/mol. The fourth-order valence-corrected chi connectivity index (χ4v) is 4.79.